The number of halogens is 1. The third-order valence-corrected chi connectivity index (χ3v) is 8.68. The van der Waals surface area contributed by atoms with Gasteiger partial charge in [0, 0.05) is 5.56 Å². The maximum atomic E-state index is 4.74. The van der Waals surface area contributed by atoms with E-state index in [4.69, 9.17) is 3.21 Å². The van der Waals surface area contributed by atoms with E-state index in [9.17, 15) is 0 Å². The van der Waals surface area contributed by atoms with Crippen molar-refractivity contribution in [1.29, 1.82) is 0 Å². The molecule has 3 aliphatic rings. The fourth-order valence-corrected chi connectivity index (χ4v) is 7.02. The van der Waals surface area contributed by atoms with Crippen LogP contribution in [-0.2, 0) is 5.41 Å². The van der Waals surface area contributed by atoms with Gasteiger partial charge in [0.2, 0.25) is 0 Å². The van der Waals surface area contributed by atoms with Crippen LogP contribution in [0.2, 0.25) is 0 Å². The molecule has 2 unspecified atom stereocenters. The lowest BCUT2D eigenvalue weighted by Crippen LogP contribution is -2.30. The maximum absolute atomic E-state index is 4.74. The van der Waals surface area contributed by atoms with Crippen molar-refractivity contribution in [3.63, 3.8) is 0 Å². The quantitative estimate of drug-likeness (QED) is 0.111. The number of hydrogen-bond acceptors (Lipinski definition) is 2. The van der Waals surface area contributed by atoms with Gasteiger partial charge in [0.05, 0.1) is 28.3 Å². The van der Waals surface area contributed by atoms with Crippen LogP contribution in [-0.4, -0.2) is 10.8 Å². The second-order valence-electron chi connectivity index (χ2n) is 10.3. The Labute approximate surface area is 238 Å². The van der Waals surface area contributed by atoms with Crippen molar-refractivity contribution in [3.05, 3.63) is 160 Å². The zero-order chi connectivity index (χ0) is 25.7. The monoisotopic (exact) mass is 605 g/mol. The van der Waals surface area contributed by atoms with E-state index in [1.165, 1.54) is 39.0 Å². The predicted octanol–water partition coefficient (Wildman–Crippen LogP) is 8.00. The lowest BCUT2D eigenvalue weighted by atomic mass is 9.66. The van der Waals surface area contributed by atoms with E-state index in [1.54, 1.807) is 0 Å². The highest BCUT2D eigenvalue weighted by Gasteiger charge is 2.49. The van der Waals surface area contributed by atoms with E-state index < -0.39 is 0 Å². The number of rotatable bonds is 4. The van der Waals surface area contributed by atoms with Gasteiger partial charge in [-0.15, -0.1) is 0 Å². The van der Waals surface area contributed by atoms with E-state index in [-0.39, 0.29) is 11.6 Å². The van der Waals surface area contributed by atoms with Gasteiger partial charge in [-0.1, -0.05) is 122 Å². The molecular formula is C34H28IN3. The molecule has 2 aliphatic carbocycles. The number of nitrogens with one attached hydrogen (secondary N) is 1. The molecule has 1 aliphatic heterocycles. The summed E-state index contributed by atoms with van der Waals surface area (Å²) in [6, 6.07) is 39.6. The van der Waals surface area contributed by atoms with Crippen molar-refractivity contribution in [1.82, 2.24) is 10.4 Å². The van der Waals surface area contributed by atoms with Crippen LogP contribution >= 0.6 is 22.9 Å². The molecule has 4 aromatic carbocycles. The van der Waals surface area contributed by atoms with Gasteiger partial charge in [-0.25, -0.2) is 5.43 Å². The number of fused-ring (bicyclic) bond motifs is 2. The Bertz CT molecular complexity index is 1550. The molecule has 2 atom stereocenters. The first-order valence-electron chi connectivity index (χ1n) is 13.2. The zero-order valence-corrected chi connectivity index (χ0v) is 23.3. The third kappa shape index (κ3) is 3.54. The molecular weight excluding hydrogens is 577 g/mol. The predicted molar refractivity (Wildman–Crippen MR) is 164 cm³/mol. The number of nitrogens with zero attached hydrogens (tertiary/aromatic N) is 2. The van der Waals surface area contributed by atoms with E-state index in [0.29, 0.717) is 5.92 Å². The molecule has 7 rings (SSSR count). The highest BCUT2D eigenvalue weighted by Crippen LogP contribution is 2.58. The van der Waals surface area contributed by atoms with Crippen LogP contribution in [0.5, 0.6) is 0 Å². The number of hydrogen-bond donors (Lipinski definition) is 1. The van der Waals surface area contributed by atoms with Crippen LogP contribution in [0.15, 0.2) is 130 Å². The Morgan fingerprint density at radius 2 is 1.50 bits per heavy atom. The first-order valence-corrected chi connectivity index (χ1v) is 14.2. The van der Waals surface area contributed by atoms with Crippen molar-refractivity contribution in [2.45, 2.75) is 24.9 Å². The van der Waals surface area contributed by atoms with E-state index in [0.717, 1.165) is 17.8 Å². The Kier molecular flexibility index (Phi) is 5.82. The minimum atomic E-state index is -0.379. The minimum Gasteiger partial charge on any atom is -0.265 e. The molecule has 4 aromatic rings. The van der Waals surface area contributed by atoms with Crippen LogP contribution in [0.3, 0.4) is 0 Å². The summed E-state index contributed by atoms with van der Waals surface area (Å²) in [5.41, 5.74) is 13.7. The first kappa shape index (κ1) is 23.6. The Morgan fingerprint density at radius 3 is 2.13 bits per heavy atom. The summed E-state index contributed by atoms with van der Waals surface area (Å²) < 4.78 is 4.74. The Morgan fingerprint density at radius 1 is 0.868 bits per heavy atom. The summed E-state index contributed by atoms with van der Waals surface area (Å²) in [6.07, 6.45) is 5.95. The largest absolute Gasteiger partial charge is 0.265 e. The smallest absolute Gasteiger partial charge is 0.158 e. The lowest BCUT2D eigenvalue weighted by molar-refractivity contribution is 0.719. The minimum absolute atomic E-state index is 0.139. The Hall–Kier alpha value is -3.48. The van der Waals surface area contributed by atoms with Gasteiger partial charge >= 0.3 is 0 Å². The molecule has 0 bridgehead atoms. The molecule has 186 valence electrons. The summed E-state index contributed by atoms with van der Waals surface area (Å²) in [6.45, 7) is 2.37. The lowest BCUT2D eigenvalue weighted by Gasteiger charge is -2.36. The van der Waals surface area contributed by atoms with Gasteiger partial charge in [-0.05, 0) is 57.4 Å². The van der Waals surface area contributed by atoms with Gasteiger partial charge in [-0.3, -0.25) is 5.01 Å². The van der Waals surface area contributed by atoms with Crippen molar-refractivity contribution in [3.8, 4) is 0 Å². The van der Waals surface area contributed by atoms with Gasteiger partial charge < -0.3 is 0 Å². The third-order valence-electron chi connectivity index (χ3n) is 8.22. The van der Waals surface area contributed by atoms with Crippen molar-refractivity contribution in [2.24, 2.45) is 9.12 Å². The van der Waals surface area contributed by atoms with Crippen molar-refractivity contribution in [2.75, 3.05) is 0 Å². The molecule has 38 heavy (non-hydrogen) atoms. The topological polar surface area (TPSA) is 37.3 Å². The summed E-state index contributed by atoms with van der Waals surface area (Å²) in [5.74, 6) is 1.41. The van der Waals surface area contributed by atoms with Crippen LogP contribution in [0, 0.1) is 5.92 Å². The molecule has 0 aromatic heterocycles. The second-order valence-corrected chi connectivity index (χ2v) is 10.8. The van der Waals surface area contributed by atoms with Crippen molar-refractivity contribution < 1.29 is 0 Å². The fourth-order valence-electron chi connectivity index (χ4n) is 6.51. The molecule has 0 saturated carbocycles. The molecule has 0 amide bonds. The average molecular weight is 606 g/mol. The molecule has 1 saturated heterocycles. The summed E-state index contributed by atoms with van der Waals surface area (Å²) in [7, 11) is 0. The number of amidine groups is 1. The molecule has 3 nitrogen and oxygen atoms in total. The SMILES string of the molecule is CC1CC=CC2=C1c1ccc(C(=NI)N3NC3c3ccccc3)cc1C2(c1ccccc1)c1ccccc1. The zero-order valence-electron chi connectivity index (χ0n) is 21.2. The molecule has 1 heterocycles. The number of benzene rings is 4. The van der Waals surface area contributed by atoms with Crippen molar-refractivity contribution >= 4 is 34.3 Å². The van der Waals surface area contributed by atoms with Gasteiger partial charge in [0.25, 0.3) is 0 Å². The van der Waals surface area contributed by atoms with Crippen LogP contribution in [0.1, 0.15) is 52.9 Å². The molecule has 1 fully saturated rings. The van der Waals surface area contributed by atoms with Crippen LogP contribution in [0.4, 0.5) is 0 Å². The molecule has 1 N–H and O–H groups in total. The maximum Gasteiger partial charge on any atom is 0.158 e. The fraction of sp³-hybridized carbons (Fsp3) is 0.147. The summed E-state index contributed by atoms with van der Waals surface area (Å²) in [5, 5.41) is 2.17. The van der Waals surface area contributed by atoms with Crippen LogP contribution < -0.4 is 5.43 Å². The highest BCUT2D eigenvalue weighted by molar-refractivity contribution is 14.1. The summed E-state index contributed by atoms with van der Waals surface area (Å²) >= 11 is 2.14. The normalized spacial score (nSPS) is 21.3. The number of allylic oxidation sites excluding steroid dienone is 4. The number of hydrazine groups is 1. The standard InChI is InChI=1S/C34H28IN3/c1-23-12-11-19-29-31(23)28-21-20-25(32(36-35)38-33(37-38)24-13-5-2-6-14-24)22-30(28)34(29,26-15-7-3-8-16-26)27-17-9-4-10-18-27/h2-11,13-23,33,37H,12H2,1H3. The Balaban J connectivity index is 1.44. The van der Waals surface area contributed by atoms with Crippen LogP contribution in [0.25, 0.3) is 5.57 Å². The highest BCUT2D eigenvalue weighted by atomic mass is 127. The molecule has 0 spiro atoms. The van der Waals surface area contributed by atoms with E-state index >= 15 is 0 Å². The summed E-state index contributed by atoms with van der Waals surface area (Å²) in [4.78, 5) is 0. The van der Waals surface area contributed by atoms with Gasteiger partial charge in [-0.2, -0.15) is 3.21 Å². The average Bonchev–Trinajstić information content (AvgIpc) is 3.70. The molecule has 4 heteroatoms. The first-order chi connectivity index (χ1) is 18.7. The van der Waals surface area contributed by atoms with Gasteiger partial charge in [0.15, 0.2) is 5.84 Å². The second kappa shape index (κ2) is 9.37. The van der Waals surface area contributed by atoms with E-state index in [2.05, 4.69) is 162 Å². The van der Waals surface area contributed by atoms with E-state index in [1.807, 2.05) is 0 Å². The van der Waals surface area contributed by atoms with Gasteiger partial charge in [0.1, 0.15) is 6.17 Å². The molecule has 0 radical (unpaired) electrons.